The normalized spacial score (nSPS) is 28.7. The number of rotatable bonds is 1. The fourth-order valence-corrected chi connectivity index (χ4v) is 4.74. The van der Waals surface area contributed by atoms with Gasteiger partial charge in [-0.1, -0.05) is 30.5 Å². The Kier molecular flexibility index (Phi) is 3.48. The van der Waals surface area contributed by atoms with Gasteiger partial charge in [-0.15, -0.1) is 0 Å². The van der Waals surface area contributed by atoms with Crippen molar-refractivity contribution in [1.82, 2.24) is 4.90 Å². The Balaban J connectivity index is 1.73. The molecule has 4 rings (SSSR count). The number of hydrogen-bond donors (Lipinski definition) is 0. The molecule has 2 atom stereocenters. The van der Waals surface area contributed by atoms with Crippen LogP contribution in [0.25, 0.3) is 0 Å². The number of benzene rings is 1. The Morgan fingerprint density at radius 2 is 1.95 bits per heavy atom. The van der Waals surface area contributed by atoms with Gasteiger partial charge < -0.3 is 9.80 Å². The minimum Gasteiger partial charge on any atom is -0.308 e. The number of aryl methyl sites for hydroxylation is 1. The Bertz CT molecular complexity index is 591. The lowest BCUT2D eigenvalue weighted by atomic mass is 9.88. The molecule has 3 nitrogen and oxygen atoms in total. The number of likely N-dealkylation sites (N-methyl/N-ethyl adjacent to an activating group) is 1. The lowest BCUT2D eigenvalue weighted by Gasteiger charge is -2.37. The number of amides is 1. The first-order valence-electron chi connectivity index (χ1n) is 8.77. The van der Waals surface area contributed by atoms with Gasteiger partial charge in [-0.05, 0) is 51.4 Å². The Hall–Kier alpha value is -1.35. The van der Waals surface area contributed by atoms with E-state index in [2.05, 4.69) is 42.0 Å². The predicted octanol–water partition coefficient (Wildman–Crippen LogP) is 3.32. The van der Waals surface area contributed by atoms with E-state index in [9.17, 15) is 4.79 Å². The Morgan fingerprint density at radius 1 is 1.18 bits per heavy atom. The number of fused-ring (bicyclic) bond motifs is 3. The van der Waals surface area contributed by atoms with Crippen molar-refractivity contribution in [3.8, 4) is 0 Å². The van der Waals surface area contributed by atoms with E-state index in [1.807, 2.05) is 0 Å². The van der Waals surface area contributed by atoms with E-state index < -0.39 is 0 Å². The summed E-state index contributed by atoms with van der Waals surface area (Å²) < 4.78 is 0. The maximum Gasteiger partial charge on any atom is 0.230 e. The van der Waals surface area contributed by atoms with Gasteiger partial charge in [0.05, 0.1) is 0 Å². The molecular weight excluding hydrogens is 272 g/mol. The zero-order chi connectivity index (χ0) is 15.3. The van der Waals surface area contributed by atoms with Gasteiger partial charge in [0.25, 0.3) is 0 Å². The third-order valence-electron chi connectivity index (χ3n) is 5.89. The Morgan fingerprint density at radius 3 is 2.73 bits per heavy atom. The molecule has 22 heavy (non-hydrogen) atoms. The number of anilines is 1. The maximum atomic E-state index is 13.1. The molecule has 3 aliphatic rings. The van der Waals surface area contributed by atoms with Crippen LogP contribution in [-0.2, 0) is 4.79 Å². The van der Waals surface area contributed by atoms with E-state index in [1.165, 1.54) is 29.7 Å². The molecule has 0 aromatic heterocycles. The van der Waals surface area contributed by atoms with Gasteiger partial charge in [0, 0.05) is 30.1 Å². The van der Waals surface area contributed by atoms with Crippen molar-refractivity contribution in [2.45, 2.75) is 51.0 Å². The van der Waals surface area contributed by atoms with E-state index in [0.717, 1.165) is 32.4 Å². The molecule has 0 unspecified atom stereocenters. The van der Waals surface area contributed by atoms with Crippen LogP contribution in [0.15, 0.2) is 18.2 Å². The molecule has 2 fully saturated rings. The first-order chi connectivity index (χ1) is 10.6. The molecule has 118 valence electrons. The number of hydrogen-bond acceptors (Lipinski definition) is 2. The molecule has 1 amide bonds. The lowest BCUT2D eigenvalue weighted by molar-refractivity contribution is -0.122. The summed E-state index contributed by atoms with van der Waals surface area (Å²) in [7, 11) is 2.20. The minimum absolute atomic E-state index is 0.271. The van der Waals surface area contributed by atoms with E-state index in [4.69, 9.17) is 0 Å². The maximum absolute atomic E-state index is 13.1. The third-order valence-corrected chi connectivity index (χ3v) is 5.89. The average molecular weight is 298 g/mol. The summed E-state index contributed by atoms with van der Waals surface area (Å²) >= 11 is 0. The second-order valence-electron chi connectivity index (χ2n) is 7.48. The van der Waals surface area contributed by atoms with Crippen LogP contribution in [0.2, 0.25) is 0 Å². The highest BCUT2D eigenvalue weighted by Gasteiger charge is 2.45. The van der Waals surface area contributed by atoms with Crippen molar-refractivity contribution in [2.75, 3.05) is 25.0 Å². The quantitative estimate of drug-likeness (QED) is 0.794. The summed E-state index contributed by atoms with van der Waals surface area (Å²) in [5.41, 5.74) is 3.91. The van der Waals surface area contributed by atoms with Crippen molar-refractivity contribution in [2.24, 2.45) is 5.92 Å². The van der Waals surface area contributed by atoms with E-state index in [0.29, 0.717) is 17.9 Å². The summed E-state index contributed by atoms with van der Waals surface area (Å²) in [6.45, 7) is 4.33. The van der Waals surface area contributed by atoms with Crippen LogP contribution < -0.4 is 4.90 Å². The number of piperidine rings is 1. The molecule has 0 N–H and O–H groups in total. The first kappa shape index (κ1) is 14.3. The van der Waals surface area contributed by atoms with E-state index in [1.54, 1.807) is 0 Å². The van der Waals surface area contributed by atoms with Crippen LogP contribution in [0.5, 0.6) is 0 Å². The van der Waals surface area contributed by atoms with Gasteiger partial charge in [0.15, 0.2) is 0 Å². The summed E-state index contributed by atoms with van der Waals surface area (Å²) in [5, 5.41) is 0. The van der Waals surface area contributed by atoms with Crippen LogP contribution in [0, 0.1) is 12.8 Å². The lowest BCUT2D eigenvalue weighted by Crippen LogP contribution is -2.48. The van der Waals surface area contributed by atoms with Gasteiger partial charge in [0.2, 0.25) is 5.91 Å². The number of nitrogens with zero attached hydrogens (tertiary/aromatic N) is 2. The second kappa shape index (κ2) is 5.38. The van der Waals surface area contributed by atoms with Gasteiger partial charge >= 0.3 is 0 Å². The fourth-order valence-electron chi connectivity index (χ4n) is 4.74. The fraction of sp³-hybridized carbons (Fsp3) is 0.632. The largest absolute Gasteiger partial charge is 0.308 e. The molecule has 1 aliphatic carbocycles. The molecule has 0 spiro atoms. The van der Waals surface area contributed by atoms with E-state index >= 15 is 0 Å². The number of carbonyl (C=O) groups excluding carboxylic acids is 1. The smallest absolute Gasteiger partial charge is 0.230 e. The first-order valence-corrected chi connectivity index (χ1v) is 8.77. The van der Waals surface area contributed by atoms with Crippen molar-refractivity contribution in [3.05, 3.63) is 29.3 Å². The highest BCUT2D eigenvalue weighted by atomic mass is 16.2. The predicted molar refractivity (Wildman–Crippen MR) is 89.3 cm³/mol. The zero-order valence-electron chi connectivity index (χ0n) is 13.7. The molecule has 3 heteroatoms. The van der Waals surface area contributed by atoms with Gasteiger partial charge in [-0.25, -0.2) is 0 Å². The molecule has 1 saturated carbocycles. The number of likely N-dealkylation sites (tertiary alicyclic amines) is 1. The molecular formula is C19H26N2O. The molecule has 2 aliphatic heterocycles. The molecule has 0 bridgehead atoms. The topological polar surface area (TPSA) is 23.6 Å². The van der Waals surface area contributed by atoms with Crippen LogP contribution in [0.4, 0.5) is 5.69 Å². The second-order valence-corrected chi connectivity index (χ2v) is 7.48. The molecule has 2 heterocycles. The zero-order valence-corrected chi connectivity index (χ0v) is 13.7. The summed E-state index contributed by atoms with van der Waals surface area (Å²) in [6, 6.07) is 7.06. The van der Waals surface area contributed by atoms with Crippen LogP contribution >= 0.6 is 0 Å². The van der Waals surface area contributed by atoms with Crippen molar-refractivity contribution in [3.63, 3.8) is 0 Å². The Labute approximate surface area is 133 Å². The van der Waals surface area contributed by atoms with Gasteiger partial charge in [-0.3, -0.25) is 4.79 Å². The van der Waals surface area contributed by atoms with Crippen molar-refractivity contribution in [1.29, 1.82) is 0 Å². The van der Waals surface area contributed by atoms with Gasteiger partial charge in [0.1, 0.15) is 0 Å². The minimum atomic E-state index is 0.271. The van der Waals surface area contributed by atoms with Crippen molar-refractivity contribution >= 4 is 11.6 Å². The summed E-state index contributed by atoms with van der Waals surface area (Å²) in [5.74, 6) is 1.17. The summed E-state index contributed by atoms with van der Waals surface area (Å²) in [6.07, 6.45) is 5.73. The van der Waals surface area contributed by atoms with Gasteiger partial charge in [-0.2, -0.15) is 0 Å². The van der Waals surface area contributed by atoms with E-state index in [-0.39, 0.29) is 5.92 Å². The third kappa shape index (κ3) is 2.18. The van der Waals surface area contributed by atoms with Crippen LogP contribution in [0.1, 0.15) is 49.1 Å². The standard InChI is InChI=1S/C19H26N2O/c1-13-7-8-17-15(11-13)16-12-20(2)10-9-18(16)21(17)19(22)14-5-3-4-6-14/h7-8,11,14,16,18H,3-6,9-10,12H2,1-2H3/t16-,18-/m1/s1. The summed E-state index contributed by atoms with van der Waals surface area (Å²) in [4.78, 5) is 17.8. The molecule has 1 aromatic rings. The van der Waals surface area contributed by atoms with Crippen LogP contribution in [0.3, 0.4) is 0 Å². The molecule has 1 saturated heterocycles. The monoisotopic (exact) mass is 298 g/mol. The highest BCUT2D eigenvalue weighted by Crippen LogP contribution is 2.46. The highest BCUT2D eigenvalue weighted by molar-refractivity contribution is 5.98. The van der Waals surface area contributed by atoms with Crippen LogP contribution in [-0.4, -0.2) is 37.0 Å². The average Bonchev–Trinajstić information content (AvgIpc) is 3.13. The number of carbonyl (C=O) groups is 1. The molecule has 0 radical (unpaired) electrons. The molecule has 1 aromatic carbocycles. The van der Waals surface area contributed by atoms with Crippen molar-refractivity contribution < 1.29 is 4.79 Å². The SMILES string of the molecule is Cc1ccc2c(c1)[C@H]1CN(C)CC[C@H]1N2C(=O)C1CCCC1.